The number of carbonyl (C=O) groups is 2. The van der Waals surface area contributed by atoms with Crippen LogP contribution in [0.2, 0.25) is 0 Å². The van der Waals surface area contributed by atoms with Crippen LogP contribution in [-0.2, 0) is 4.79 Å². The summed E-state index contributed by atoms with van der Waals surface area (Å²) in [6, 6.07) is 9.52. The molecule has 3 rings (SSSR count). The van der Waals surface area contributed by atoms with E-state index in [4.69, 9.17) is 4.74 Å². The highest BCUT2D eigenvalue weighted by Crippen LogP contribution is 2.20. The molecule has 0 radical (unpaired) electrons. The molecule has 26 heavy (non-hydrogen) atoms. The molecule has 0 aromatic heterocycles. The van der Waals surface area contributed by atoms with E-state index in [1.165, 1.54) is 6.42 Å². The van der Waals surface area contributed by atoms with Crippen LogP contribution in [0.3, 0.4) is 0 Å². The smallest absolute Gasteiger partial charge is 0.410 e. The lowest BCUT2D eigenvalue weighted by Gasteiger charge is -2.38. The number of ether oxygens (including phenoxy) is 1. The van der Waals surface area contributed by atoms with Crippen LogP contribution in [0.15, 0.2) is 30.3 Å². The molecule has 0 saturated carbocycles. The van der Waals surface area contributed by atoms with Gasteiger partial charge in [-0.05, 0) is 37.8 Å². The topological polar surface area (TPSA) is 53.1 Å². The summed E-state index contributed by atoms with van der Waals surface area (Å²) in [5, 5.41) is 0. The number of hydrogen-bond donors (Lipinski definition) is 0. The van der Waals surface area contributed by atoms with E-state index in [-0.39, 0.29) is 12.0 Å². The molecular weight excluding hydrogens is 330 g/mol. The molecule has 1 aromatic rings. The summed E-state index contributed by atoms with van der Waals surface area (Å²) in [6.45, 7) is 6.11. The summed E-state index contributed by atoms with van der Waals surface area (Å²) in [4.78, 5) is 30.8. The van der Waals surface area contributed by atoms with Crippen molar-refractivity contribution in [2.45, 2.75) is 38.6 Å². The number of nitrogens with zero attached hydrogens (tertiary/aromatic N) is 3. The minimum absolute atomic E-state index is 0.233. The van der Waals surface area contributed by atoms with Crippen LogP contribution in [0.5, 0.6) is 5.75 Å². The van der Waals surface area contributed by atoms with E-state index >= 15 is 0 Å². The van der Waals surface area contributed by atoms with Gasteiger partial charge in [0, 0.05) is 38.8 Å². The maximum Gasteiger partial charge on any atom is 0.415 e. The van der Waals surface area contributed by atoms with E-state index in [1.54, 1.807) is 17.0 Å². The monoisotopic (exact) mass is 359 g/mol. The van der Waals surface area contributed by atoms with E-state index < -0.39 is 0 Å². The summed E-state index contributed by atoms with van der Waals surface area (Å²) in [5.41, 5.74) is 0. The lowest BCUT2D eigenvalue weighted by Crippen LogP contribution is -2.53. The molecule has 2 saturated heterocycles. The first-order valence-electron chi connectivity index (χ1n) is 9.71. The standard InChI is InChI=1S/C20H29N3O3/c1-2-17-8-6-7-11-23(17)19(24)16-21-12-14-22(15-13-21)20(25)26-18-9-4-3-5-10-18/h3-5,9-10,17H,2,6-8,11-16H2,1H3. The highest BCUT2D eigenvalue weighted by molar-refractivity contribution is 5.78. The summed E-state index contributed by atoms with van der Waals surface area (Å²) in [7, 11) is 0. The Morgan fingerprint density at radius 3 is 2.46 bits per heavy atom. The zero-order chi connectivity index (χ0) is 18.4. The number of benzene rings is 1. The second kappa shape index (κ2) is 9.03. The van der Waals surface area contributed by atoms with Crippen molar-refractivity contribution in [3.63, 3.8) is 0 Å². The summed E-state index contributed by atoms with van der Waals surface area (Å²) >= 11 is 0. The van der Waals surface area contributed by atoms with E-state index in [1.807, 2.05) is 18.2 Å². The molecule has 6 nitrogen and oxygen atoms in total. The second-order valence-corrected chi connectivity index (χ2v) is 7.09. The summed E-state index contributed by atoms with van der Waals surface area (Å²) in [6.07, 6.45) is 4.18. The molecule has 1 unspecified atom stereocenters. The molecule has 0 N–H and O–H groups in total. The maximum absolute atomic E-state index is 12.7. The van der Waals surface area contributed by atoms with Crippen LogP contribution < -0.4 is 4.74 Å². The minimum atomic E-state index is -0.316. The van der Waals surface area contributed by atoms with Gasteiger partial charge in [-0.25, -0.2) is 4.79 Å². The molecule has 2 amide bonds. The van der Waals surface area contributed by atoms with Gasteiger partial charge in [0.25, 0.3) is 0 Å². The van der Waals surface area contributed by atoms with Gasteiger partial charge in [0.2, 0.25) is 5.91 Å². The number of piperazine rings is 1. The Balaban J connectivity index is 1.44. The first-order valence-corrected chi connectivity index (χ1v) is 9.71. The molecule has 2 aliphatic rings. The predicted octanol–water partition coefficient (Wildman–Crippen LogP) is 2.59. The molecule has 2 heterocycles. The lowest BCUT2D eigenvalue weighted by molar-refractivity contribution is -0.136. The van der Waals surface area contributed by atoms with Crippen molar-refractivity contribution in [3.05, 3.63) is 30.3 Å². The average Bonchev–Trinajstić information content (AvgIpc) is 2.69. The largest absolute Gasteiger partial charge is 0.415 e. The minimum Gasteiger partial charge on any atom is -0.410 e. The molecule has 1 aromatic carbocycles. The van der Waals surface area contributed by atoms with Gasteiger partial charge in [0.05, 0.1) is 6.54 Å². The number of likely N-dealkylation sites (tertiary alicyclic amines) is 1. The van der Waals surface area contributed by atoms with Gasteiger partial charge >= 0.3 is 6.09 Å². The number of amides is 2. The SMILES string of the molecule is CCC1CCCCN1C(=O)CN1CCN(C(=O)Oc2ccccc2)CC1. The number of piperidine rings is 1. The van der Waals surface area contributed by atoms with Gasteiger partial charge in [0.15, 0.2) is 0 Å². The average molecular weight is 359 g/mol. The van der Waals surface area contributed by atoms with E-state index in [2.05, 4.69) is 16.7 Å². The second-order valence-electron chi connectivity index (χ2n) is 7.09. The molecule has 0 bridgehead atoms. The third kappa shape index (κ3) is 4.75. The van der Waals surface area contributed by atoms with Crippen molar-refractivity contribution in [3.8, 4) is 5.75 Å². The van der Waals surface area contributed by atoms with Gasteiger partial charge in [-0.1, -0.05) is 25.1 Å². The maximum atomic E-state index is 12.7. The highest BCUT2D eigenvalue weighted by Gasteiger charge is 2.28. The van der Waals surface area contributed by atoms with Crippen LogP contribution in [-0.4, -0.2) is 72.0 Å². The zero-order valence-corrected chi connectivity index (χ0v) is 15.6. The predicted molar refractivity (Wildman–Crippen MR) is 100 cm³/mol. The van der Waals surface area contributed by atoms with Crippen molar-refractivity contribution in [1.29, 1.82) is 0 Å². The lowest BCUT2D eigenvalue weighted by atomic mass is 10.00. The molecule has 2 fully saturated rings. The molecule has 6 heteroatoms. The number of para-hydroxylation sites is 1. The van der Waals surface area contributed by atoms with Crippen LogP contribution in [0.1, 0.15) is 32.6 Å². The van der Waals surface area contributed by atoms with Crippen LogP contribution in [0.4, 0.5) is 4.79 Å². The molecule has 1 atom stereocenters. The van der Waals surface area contributed by atoms with E-state index in [0.717, 1.165) is 25.8 Å². The van der Waals surface area contributed by atoms with E-state index in [0.29, 0.717) is 44.5 Å². The van der Waals surface area contributed by atoms with Crippen molar-refractivity contribution >= 4 is 12.0 Å². The van der Waals surface area contributed by atoms with Crippen molar-refractivity contribution < 1.29 is 14.3 Å². The van der Waals surface area contributed by atoms with E-state index in [9.17, 15) is 9.59 Å². The molecule has 2 aliphatic heterocycles. The Kier molecular flexibility index (Phi) is 6.50. The van der Waals surface area contributed by atoms with Crippen molar-refractivity contribution in [2.75, 3.05) is 39.3 Å². The normalized spacial score (nSPS) is 21.5. The fourth-order valence-corrected chi connectivity index (χ4v) is 3.78. The molecule has 0 aliphatic carbocycles. The Bertz CT molecular complexity index is 600. The van der Waals surface area contributed by atoms with Gasteiger partial charge < -0.3 is 14.5 Å². The molecule has 0 spiro atoms. The quantitative estimate of drug-likeness (QED) is 0.829. The molecule has 142 valence electrons. The van der Waals surface area contributed by atoms with Gasteiger partial charge in [-0.15, -0.1) is 0 Å². The summed E-state index contributed by atoms with van der Waals surface area (Å²) in [5.74, 6) is 0.794. The van der Waals surface area contributed by atoms with Crippen LogP contribution in [0, 0.1) is 0 Å². The number of rotatable bonds is 4. The van der Waals surface area contributed by atoms with Gasteiger partial charge in [-0.2, -0.15) is 0 Å². The fourth-order valence-electron chi connectivity index (χ4n) is 3.78. The zero-order valence-electron chi connectivity index (χ0n) is 15.6. The molecular formula is C20H29N3O3. The Hall–Kier alpha value is -2.08. The fraction of sp³-hybridized carbons (Fsp3) is 0.600. The Labute approximate surface area is 155 Å². The number of carbonyl (C=O) groups excluding carboxylic acids is 2. The third-order valence-electron chi connectivity index (χ3n) is 5.36. The Morgan fingerprint density at radius 1 is 1.04 bits per heavy atom. The van der Waals surface area contributed by atoms with Crippen LogP contribution in [0.25, 0.3) is 0 Å². The van der Waals surface area contributed by atoms with Crippen molar-refractivity contribution in [2.24, 2.45) is 0 Å². The van der Waals surface area contributed by atoms with Crippen LogP contribution >= 0.6 is 0 Å². The number of hydrogen-bond acceptors (Lipinski definition) is 4. The highest BCUT2D eigenvalue weighted by atomic mass is 16.6. The first kappa shape index (κ1) is 18.7. The first-order chi connectivity index (χ1) is 12.7. The summed E-state index contributed by atoms with van der Waals surface area (Å²) < 4.78 is 5.39. The van der Waals surface area contributed by atoms with Gasteiger partial charge in [-0.3, -0.25) is 9.69 Å². The van der Waals surface area contributed by atoms with Crippen molar-refractivity contribution in [1.82, 2.24) is 14.7 Å². The van der Waals surface area contributed by atoms with Gasteiger partial charge in [0.1, 0.15) is 5.75 Å². The Morgan fingerprint density at radius 2 is 1.77 bits per heavy atom. The third-order valence-corrected chi connectivity index (χ3v) is 5.36.